The second kappa shape index (κ2) is 5.96. The molecule has 1 saturated carbocycles. The van der Waals surface area contributed by atoms with Crippen molar-refractivity contribution in [2.24, 2.45) is 4.99 Å². The van der Waals surface area contributed by atoms with Crippen LogP contribution in [0.4, 0.5) is 5.69 Å². The predicted octanol–water partition coefficient (Wildman–Crippen LogP) is 5.70. The van der Waals surface area contributed by atoms with Gasteiger partial charge in [0, 0.05) is 18.1 Å². The van der Waals surface area contributed by atoms with Gasteiger partial charge < -0.3 is 4.42 Å². The van der Waals surface area contributed by atoms with Crippen molar-refractivity contribution in [2.45, 2.75) is 38.0 Å². The Labute approximate surface area is 131 Å². The van der Waals surface area contributed by atoms with Gasteiger partial charge in [0.2, 0.25) is 0 Å². The molecule has 2 aliphatic rings. The quantitative estimate of drug-likeness (QED) is 0.711. The van der Waals surface area contributed by atoms with E-state index in [1.807, 2.05) is 12.1 Å². The Morgan fingerprint density at radius 3 is 2.91 bits per heavy atom. The molecule has 1 aliphatic heterocycles. The number of para-hydroxylation sites is 1. The number of allylic oxidation sites excluding steroid dienone is 1. The van der Waals surface area contributed by atoms with E-state index >= 15 is 0 Å². The Balaban J connectivity index is 1.55. The van der Waals surface area contributed by atoms with Gasteiger partial charge in [-0.3, -0.25) is 4.99 Å². The molecule has 1 aromatic carbocycles. The topological polar surface area (TPSA) is 25.5 Å². The first-order valence-corrected chi connectivity index (χ1v) is 8.12. The summed E-state index contributed by atoms with van der Waals surface area (Å²) in [6.07, 6.45) is 12.1. The zero-order chi connectivity index (χ0) is 14.8. The Kier molecular flexibility index (Phi) is 3.67. The first-order valence-electron chi connectivity index (χ1n) is 8.12. The van der Waals surface area contributed by atoms with Gasteiger partial charge in [-0.1, -0.05) is 30.2 Å². The summed E-state index contributed by atoms with van der Waals surface area (Å²) in [4.78, 5) is 4.57. The summed E-state index contributed by atoms with van der Waals surface area (Å²) in [5.74, 6) is 2.98. The highest BCUT2D eigenvalue weighted by Gasteiger charge is 2.26. The Morgan fingerprint density at radius 2 is 2.00 bits per heavy atom. The average molecular weight is 290 g/mol. The molecule has 2 nitrogen and oxygen atoms in total. The van der Waals surface area contributed by atoms with Gasteiger partial charge in [0.1, 0.15) is 5.76 Å². The molecule has 2 heteroatoms. The summed E-state index contributed by atoms with van der Waals surface area (Å²) in [6, 6.07) is 12.5. The lowest BCUT2D eigenvalue weighted by atomic mass is 9.77. The summed E-state index contributed by atoms with van der Waals surface area (Å²) in [6.45, 7) is 0. The van der Waals surface area contributed by atoms with E-state index < -0.39 is 0 Å². The van der Waals surface area contributed by atoms with Crippen molar-refractivity contribution in [3.63, 3.8) is 0 Å². The van der Waals surface area contributed by atoms with Crippen LogP contribution in [0.3, 0.4) is 0 Å². The van der Waals surface area contributed by atoms with Crippen LogP contribution < -0.4 is 0 Å². The van der Waals surface area contributed by atoms with Crippen LogP contribution in [0.1, 0.15) is 49.3 Å². The Morgan fingerprint density at radius 1 is 1.09 bits per heavy atom. The third-order valence-corrected chi connectivity index (χ3v) is 4.68. The lowest BCUT2D eigenvalue weighted by Crippen LogP contribution is -2.12. The van der Waals surface area contributed by atoms with E-state index in [0.717, 1.165) is 17.9 Å². The van der Waals surface area contributed by atoms with Gasteiger partial charge in [-0.25, -0.2) is 0 Å². The van der Waals surface area contributed by atoms with Crippen molar-refractivity contribution in [1.82, 2.24) is 0 Å². The van der Waals surface area contributed by atoms with E-state index in [1.54, 1.807) is 12.2 Å². The van der Waals surface area contributed by atoms with Crippen molar-refractivity contribution in [3.05, 3.63) is 65.5 Å². The molecule has 2 heterocycles. The van der Waals surface area contributed by atoms with Crippen LogP contribution in [-0.2, 0) is 0 Å². The number of hydrogen-bond donors (Lipinski definition) is 0. The van der Waals surface area contributed by atoms with E-state index in [-0.39, 0.29) is 0 Å². The molecule has 0 N–H and O–H groups in total. The lowest BCUT2D eigenvalue weighted by Gasteiger charge is -2.26. The van der Waals surface area contributed by atoms with E-state index in [1.165, 1.54) is 36.8 Å². The number of fused-ring (bicyclic) bond motifs is 1. The fourth-order valence-corrected chi connectivity index (χ4v) is 3.54. The van der Waals surface area contributed by atoms with Crippen molar-refractivity contribution < 1.29 is 4.42 Å². The van der Waals surface area contributed by atoms with Crippen LogP contribution in [-0.4, -0.2) is 6.21 Å². The number of furan rings is 1. The third kappa shape index (κ3) is 2.66. The molecule has 0 unspecified atom stereocenters. The van der Waals surface area contributed by atoms with Gasteiger partial charge in [-0.15, -0.1) is 0 Å². The highest BCUT2D eigenvalue weighted by molar-refractivity contribution is 5.81. The van der Waals surface area contributed by atoms with Crippen molar-refractivity contribution in [3.8, 4) is 0 Å². The molecule has 0 amide bonds. The minimum Gasteiger partial charge on any atom is -0.465 e. The number of hydrogen-bond acceptors (Lipinski definition) is 2. The van der Waals surface area contributed by atoms with Gasteiger partial charge in [-0.2, -0.15) is 0 Å². The minimum atomic E-state index is 0.435. The maximum absolute atomic E-state index is 5.49. The predicted molar refractivity (Wildman–Crippen MR) is 90.3 cm³/mol. The molecular formula is C20H20NO. The largest absolute Gasteiger partial charge is 0.465 e. The van der Waals surface area contributed by atoms with Crippen LogP contribution in [0, 0.1) is 5.92 Å². The van der Waals surface area contributed by atoms with Crippen LogP contribution in [0.5, 0.6) is 0 Å². The van der Waals surface area contributed by atoms with Gasteiger partial charge in [0.05, 0.1) is 12.0 Å². The molecule has 1 aromatic heterocycles. The van der Waals surface area contributed by atoms with E-state index in [0.29, 0.717) is 5.92 Å². The fourth-order valence-electron chi connectivity index (χ4n) is 3.54. The van der Waals surface area contributed by atoms with Gasteiger partial charge in [0.15, 0.2) is 0 Å². The second-order valence-electron chi connectivity index (χ2n) is 6.14. The molecular weight excluding hydrogens is 270 g/mol. The van der Waals surface area contributed by atoms with Crippen molar-refractivity contribution in [2.75, 3.05) is 0 Å². The molecule has 4 rings (SSSR count). The zero-order valence-electron chi connectivity index (χ0n) is 12.7. The smallest absolute Gasteiger partial charge is 0.126 e. The van der Waals surface area contributed by atoms with E-state index in [2.05, 4.69) is 41.5 Å². The standard InChI is InChI=1S/C20H20NO/c1-2-7-16(13-18-8-5-11-22-18)15(6-1)12-17-14-21-20-10-4-3-9-19(17)20/h3-5,8-11,13-14,17H,1-2,6-7,12H2/b16-13+/t17-/m0/s1. The molecule has 0 spiro atoms. The van der Waals surface area contributed by atoms with Crippen molar-refractivity contribution >= 4 is 18.0 Å². The first kappa shape index (κ1) is 13.6. The monoisotopic (exact) mass is 290 g/mol. The van der Waals surface area contributed by atoms with Gasteiger partial charge in [0.25, 0.3) is 0 Å². The highest BCUT2D eigenvalue weighted by Crippen LogP contribution is 2.42. The molecule has 1 radical (unpaired) electrons. The normalized spacial score (nSPS) is 23.1. The van der Waals surface area contributed by atoms with E-state index in [9.17, 15) is 0 Å². The molecule has 2 aromatic rings. The van der Waals surface area contributed by atoms with Crippen LogP contribution in [0.25, 0.3) is 6.08 Å². The van der Waals surface area contributed by atoms with Crippen LogP contribution in [0.15, 0.2) is 57.6 Å². The summed E-state index contributed by atoms with van der Waals surface area (Å²) in [5, 5.41) is 0. The molecule has 22 heavy (non-hydrogen) atoms. The maximum atomic E-state index is 5.49. The van der Waals surface area contributed by atoms with Gasteiger partial charge >= 0.3 is 0 Å². The third-order valence-electron chi connectivity index (χ3n) is 4.68. The van der Waals surface area contributed by atoms with Gasteiger partial charge in [-0.05, 0) is 55.5 Å². The van der Waals surface area contributed by atoms with Crippen LogP contribution >= 0.6 is 0 Å². The van der Waals surface area contributed by atoms with Crippen LogP contribution in [0.2, 0.25) is 0 Å². The number of nitrogens with zero attached hydrogens (tertiary/aromatic N) is 1. The first-order chi connectivity index (χ1) is 10.9. The molecule has 1 fully saturated rings. The number of rotatable bonds is 3. The zero-order valence-corrected chi connectivity index (χ0v) is 12.7. The minimum absolute atomic E-state index is 0.435. The maximum Gasteiger partial charge on any atom is 0.126 e. The Bertz CT molecular complexity index is 696. The molecule has 111 valence electrons. The average Bonchev–Trinajstić information content (AvgIpc) is 3.20. The fraction of sp³-hybridized carbons (Fsp3) is 0.300. The van der Waals surface area contributed by atoms with E-state index in [4.69, 9.17) is 4.42 Å². The highest BCUT2D eigenvalue weighted by atomic mass is 16.3. The summed E-state index contributed by atoms with van der Waals surface area (Å²) >= 11 is 0. The molecule has 1 aliphatic carbocycles. The molecule has 0 saturated heterocycles. The lowest BCUT2D eigenvalue weighted by molar-refractivity contribution is 0.551. The van der Waals surface area contributed by atoms with Crippen molar-refractivity contribution in [1.29, 1.82) is 0 Å². The number of aliphatic imine (C=N–C) groups is 1. The SMILES string of the molecule is C1=Nc2ccccc2[C@H]1C[C]1CCCC/C1=C\c1ccco1. The Hall–Kier alpha value is -2.09. The summed E-state index contributed by atoms with van der Waals surface area (Å²) < 4.78 is 5.49. The summed E-state index contributed by atoms with van der Waals surface area (Å²) in [7, 11) is 0. The molecule has 0 bridgehead atoms. The number of benzene rings is 1. The second-order valence-corrected chi connectivity index (χ2v) is 6.14. The summed E-state index contributed by atoms with van der Waals surface area (Å²) in [5.41, 5.74) is 3.98. The molecule has 1 atom stereocenters.